The fraction of sp³-hybridized carbons (Fsp3) is 0.688. The molecule has 2 N–H and O–H groups in total. The van der Waals surface area contributed by atoms with Crippen molar-refractivity contribution in [1.29, 1.82) is 0 Å². The zero-order chi connectivity index (χ0) is 15.0. The van der Waals surface area contributed by atoms with Crippen LogP contribution in [0.2, 0.25) is 0 Å². The van der Waals surface area contributed by atoms with Crippen LogP contribution in [-0.2, 0) is 4.74 Å². The van der Waals surface area contributed by atoms with Gasteiger partial charge in [-0.3, -0.25) is 4.98 Å². The topological polar surface area (TPSA) is 51.4 Å². The fourth-order valence-corrected chi connectivity index (χ4v) is 2.44. The van der Waals surface area contributed by atoms with Crippen LogP contribution < -0.4 is 10.6 Å². The van der Waals surface area contributed by atoms with Gasteiger partial charge in [0.1, 0.15) is 0 Å². The van der Waals surface area contributed by atoms with E-state index in [2.05, 4.69) is 36.7 Å². The lowest BCUT2D eigenvalue weighted by atomic mass is 10.1. The first-order chi connectivity index (χ1) is 9.67. The van der Waals surface area contributed by atoms with Gasteiger partial charge < -0.3 is 15.4 Å². The van der Waals surface area contributed by atoms with E-state index in [0.717, 1.165) is 43.8 Å². The standard InChI is InChI=1S/C16H29N3O/c1-5-13(6-2)19(10-11-20-4)14-8-9-16(18-12-14)15(17)7-3/h8-9,12-13,15H,5-7,10-11,17H2,1-4H3. The minimum absolute atomic E-state index is 0.0321. The van der Waals surface area contributed by atoms with E-state index in [1.165, 1.54) is 0 Å². The first-order valence-electron chi connectivity index (χ1n) is 7.64. The first kappa shape index (κ1) is 16.9. The normalized spacial score (nSPS) is 12.7. The smallest absolute Gasteiger partial charge is 0.0637 e. The van der Waals surface area contributed by atoms with Gasteiger partial charge in [-0.1, -0.05) is 20.8 Å². The third-order valence-corrected chi connectivity index (χ3v) is 3.84. The number of hydrogen-bond acceptors (Lipinski definition) is 4. The Hall–Kier alpha value is -1.13. The van der Waals surface area contributed by atoms with E-state index >= 15 is 0 Å². The summed E-state index contributed by atoms with van der Waals surface area (Å²) in [4.78, 5) is 6.91. The van der Waals surface area contributed by atoms with Crippen LogP contribution >= 0.6 is 0 Å². The lowest BCUT2D eigenvalue weighted by Crippen LogP contribution is -2.37. The summed E-state index contributed by atoms with van der Waals surface area (Å²) in [5.74, 6) is 0. The summed E-state index contributed by atoms with van der Waals surface area (Å²) in [7, 11) is 1.74. The van der Waals surface area contributed by atoms with Gasteiger partial charge in [-0.2, -0.15) is 0 Å². The molecule has 1 aromatic heterocycles. The number of nitrogens with zero attached hydrogens (tertiary/aromatic N) is 2. The van der Waals surface area contributed by atoms with Crippen molar-refractivity contribution in [3.05, 3.63) is 24.0 Å². The molecule has 0 aromatic carbocycles. The number of rotatable bonds is 9. The van der Waals surface area contributed by atoms with E-state index in [1.807, 2.05) is 12.3 Å². The van der Waals surface area contributed by atoms with E-state index in [9.17, 15) is 0 Å². The molecule has 0 bridgehead atoms. The van der Waals surface area contributed by atoms with Gasteiger partial charge in [0, 0.05) is 25.7 Å². The largest absolute Gasteiger partial charge is 0.383 e. The number of ether oxygens (including phenoxy) is 1. The highest BCUT2D eigenvalue weighted by Gasteiger charge is 2.16. The molecule has 0 spiro atoms. The Bertz CT molecular complexity index is 362. The van der Waals surface area contributed by atoms with Crippen LogP contribution in [-0.4, -0.2) is 31.3 Å². The van der Waals surface area contributed by atoms with Crippen LogP contribution in [0, 0.1) is 0 Å². The van der Waals surface area contributed by atoms with Crippen LogP contribution in [0.15, 0.2) is 18.3 Å². The van der Waals surface area contributed by atoms with Gasteiger partial charge in [-0.05, 0) is 31.4 Å². The van der Waals surface area contributed by atoms with E-state index in [4.69, 9.17) is 10.5 Å². The molecule has 1 rings (SSSR count). The van der Waals surface area contributed by atoms with Crippen LogP contribution in [0.25, 0.3) is 0 Å². The summed E-state index contributed by atoms with van der Waals surface area (Å²) >= 11 is 0. The van der Waals surface area contributed by atoms with Gasteiger partial charge in [0.15, 0.2) is 0 Å². The Morgan fingerprint density at radius 2 is 1.90 bits per heavy atom. The molecule has 0 aliphatic carbocycles. The average Bonchev–Trinajstić information content (AvgIpc) is 2.51. The quantitative estimate of drug-likeness (QED) is 0.754. The van der Waals surface area contributed by atoms with Crippen molar-refractivity contribution >= 4 is 5.69 Å². The molecule has 0 radical (unpaired) electrons. The highest BCUT2D eigenvalue weighted by Crippen LogP contribution is 2.21. The molecule has 1 atom stereocenters. The summed E-state index contributed by atoms with van der Waals surface area (Å²) < 4.78 is 5.23. The van der Waals surface area contributed by atoms with Crippen LogP contribution in [0.1, 0.15) is 51.8 Å². The van der Waals surface area contributed by atoms with Crippen molar-refractivity contribution in [3.63, 3.8) is 0 Å². The number of pyridine rings is 1. The third kappa shape index (κ3) is 4.46. The lowest BCUT2D eigenvalue weighted by Gasteiger charge is -2.32. The summed E-state index contributed by atoms with van der Waals surface area (Å²) in [6.07, 6.45) is 5.10. The molecule has 0 saturated heterocycles. The summed E-state index contributed by atoms with van der Waals surface area (Å²) in [5, 5.41) is 0. The van der Waals surface area contributed by atoms with Crippen molar-refractivity contribution in [2.45, 2.75) is 52.1 Å². The second-order valence-electron chi connectivity index (χ2n) is 5.11. The van der Waals surface area contributed by atoms with E-state index < -0.39 is 0 Å². The maximum absolute atomic E-state index is 6.02. The SMILES string of the molecule is CCC(N)c1ccc(N(CCOC)C(CC)CC)cn1. The molecule has 1 aromatic rings. The second kappa shape index (κ2) is 8.93. The number of aromatic nitrogens is 1. The Morgan fingerprint density at radius 1 is 1.20 bits per heavy atom. The Morgan fingerprint density at radius 3 is 2.35 bits per heavy atom. The molecule has 1 unspecified atom stereocenters. The predicted molar refractivity (Wildman–Crippen MR) is 85.0 cm³/mol. The minimum Gasteiger partial charge on any atom is -0.383 e. The van der Waals surface area contributed by atoms with Crippen molar-refractivity contribution in [2.75, 3.05) is 25.2 Å². The van der Waals surface area contributed by atoms with Gasteiger partial charge in [0.2, 0.25) is 0 Å². The van der Waals surface area contributed by atoms with Gasteiger partial charge in [-0.15, -0.1) is 0 Å². The molecular weight excluding hydrogens is 250 g/mol. The molecule has 1 heterocycles. The number of nitrogens with two attached hydrogens (primary N) is 1. The van der Waals surface area contributed by atoms with Crippen molar-refractivity contribution in [1.82, 2.24) is 4.98 Å². The molecule has 0 aliphatic heterocycles. The van der Waals surface area contributed by atoms with E-state index in [-0.39, 0.29) is 6.04 Å². The molecule has 0 aliphatic rings. The maximum atomic E-state index is 6.02. The molecule has 0 saturated carbocycles. The lowest BCUT2D eigenvalue weighted by molar-refractivity contribution is 0.202. The van der Waals surface area contributed by atoms with E-state index in [0.29, 0.717) is 6.04 Å². The Balaban J connectivity index is 2.89. The highest BCUT2D eigenvalue weighted by molar-refractivity contribution is 5.46. The van der Waals surface area contributed by atoms with Gasteiger partial charge in [-0.25, -0.2) is 0 Å². The van der Waals surface area contributed by atoms with E-state index in [1.54, 1.807) is 7.11 Å². The molecule has 4 nitrogen and oxygen atoms in total. The Kier molecular flexibility index (Phi) is 7.55. The molecular formula is C16H29N3O. The summed E-state index contributed by atoms with van der Waals surface area (Å²) in [6.45, 7) is 8.15. The zero-order valence-corrected chi connectivity index (χ0v) is 13.3. The monoisotopic (exact) mass is 279 g/mol. The van der Waals surface area contributed by atoms with Crippen LogP contribution in [0.5, 0.6) is 0 Å². The maximum Gasteiger partial charge on any atom is 0.0637 e. The zero-order valence-electron chi connectivity index (χ0n) is 13.3. The number of anilines is 1. The van der Waals surface area contributed by atoms with Gasteiger partial charge in [0.25, 0.3) is 0 Å². The molecule has 0 fully saturated rings. The minimum atomic E-state index is 0.0321. The summed E-state index contributed by atoms with van der Waals surface area (Å²) in [6, 6.07) is 4.74. The molecule has 20 heavy (non-hydrogen) atoms. The van der Waals surface area contributed by atoms with Gasteiger partial charge >= 0.3 is 0 Å². The highest BCUT2D eigenvalue weighted by atomic mass is 16.5. The second-order valence-corrected chi connectivity index (χ2v) is 5.11. The summed E-state index contributed by atoms with van der Waals surface area (Å²) in [5.41, 5.74) is 8.14. The van der Waals surface area contributed by atoms with Gasteiger partial charge in [0.05, 0.1) is 24.2 Å². The van der Waals surface area contributed by atoms with Crippen molar-refractivity contribution in [3.8, 4) is 0 Å². The first-order valence-corrected chi connectivity index (χ1v) is 7.64. The van der Waals surface area contributed by atoms with Crippen molar-refractivity contribution in [2.24, 2.45) is 5.73 Å². The number of hydrogen-bond donors (Lipinski definition) is 1. The number of methoxy groups -OCH3 is 1. The van der Waals surface area contributed by atoms with Crippen LogP contribution in [0.4, 0.5) is 5.69 Å². The molecule has 4 heteroatoms. The van der Waals surface area contributed by atoms with Crippen LogP contribution in [0.3, 0.4) is 0 Å². The molecule has 114 valence electrons. The predicted octanol–water partition coefficient (Wildman–Crippen LogP) is 3.13. The van der Waals surface area contributed by atoms with Crippen molar-refractivity contribution < 1.29 is 4.74 Å². The third-order valence-electron chi connectivity index (χ3n) is 3.84. The fourth-order valence-electron chi connectivity index (χ4n) is 2.44. The molecule has 0 amide bonds. The average molecular weight is 279 g/mol. The Labute approximate surface area is 123 Å².